The molecule has 1 aromatic rings. The minimum absolute atomic E-state index is 0.0421. The Bertz CT molecular complexity index is 625. The van der Waals surface area contributed by atoms with E-state index in [1.807, 2.05) is 0 Å². The summed E-state index contributed by atoms with van der Waals surface area (Å²) in [5, 5.41) is 11.8. The number of hydrogen-bond acceptors (Lipinski definition) is 3. The molecular weight excluding hydrogens is 339 g/mol. The van der Waals surface area contributed by atoms with Crippen LogP contribution in [0.15, 0.2) is 24.3 Å². The number of benzene rings is 1. The molecule has 138 valence electrons. The van der Waals surface area contributed by atoms with Crippen LogP contribution in [0, 0.1) is 0 Å². The van der Waals surface area contributed by atoms with Crippen molar-refractivity contribution in [3.63, 3.8) is 0 Å². The third kappa shape index (κ3) is 5.95. The highest BCUT2D eigenvalue weighted by Gasteiger charge is 2.37. The minimum atomic E-state index is -4.80. The Hall–Kier alpha value is -2.25. The van der Waals surface area contributed by atoms with Crippen LogP contribution in [0.5, 0.6) is 5.75 Å². The standard InChI is InChI=1S/C17H20F3NO4/c18-17(19,20)25-13-6-2-1-5-12(13)7-8-14(22)21-16(11-15(23)24)9-3-4-10-16/h1-2,5-6H,3-4,7-11H2,(H,21,22)(H,23,24). The van der Waals surface area contributed by atoms with Crippen LogP contribution in [0.3, 0.4) is 0 Å². The zero-order valence-corrected chi connectivity index (χ0v) is 13.6. The van der Waals surface area contributed by atoms with Crippen molar-refractivity contribution in [1.29, 1.82) is 0 Å². The van der Waals surface area contributed by atoms with E-state index in [0.29, 0.717) is 12.8 Å². The fourth-order valence-corrected chi connectivity index (χ4v) is 3.23. The van der Waals surface area contributed by atoms with E-state index in [1.165, 1.54) is 18.2 Å². The summed E-state index contributed by atoms with van der Waals surface area (Å²) >= 11 is 0. The SMILES string of the molecule is O=C(O)CC1(NC(=O)CCc2ccccc2OC(F)(F)F)CCCC1. The minimum Gasteiger partial charge on any atom is -0.481 e. The maximum absolute atomic E-state index is 12.4. The van der Waals surface area contributed by atoms with Gasteiger partial charge in [-0.1, -0.05) is 31.0 Å². The summed E-state index contributed by atoms with van der Waals surface area (Å²) in [5.41, 5.74) is -0.473. The lowest BCUT2D eigenvalue weighted by Gasteiger charge is -2.28. The van der Waals surface area contributed by atoms with Gasteiger partial charge in [0.1, 0.15) is 5.75 Å². The summed E-state index contributed by atoms with van der Waals surface area (Å²) in [5.74, 6) is -1.68. The topological polar surface area (TPSA) is 75.6 Å². The number of aryl methyl sites for hydroxylation is 1. The van der Waals surface area contributed by atoms with Gasteiger partial charge >= 0.3 is 12.3 Å². The van der Waals surface area contributed by atoms with Crippen molar-refractivity contribution in [1.82, 2.24) is 5.32 Å². The molecule has 0 saturated heterocycles. The zero-order valence-electron chi connectivity index (χ0n) is 13.6. The van der Waals surface area contributed by atoms with Crippen LogP contribution >= 0.6 is 0 Å². The van der Waals surface area contributed by atoms with Gasteiger partial charge in [0.25, 0.3) is 0 Å². The summed E-state index contributed by atoms with van der Waals surface area (Å²) in [6.45, 7) is 0. The van der Waals surface area contributed by atoms with Gasteiger partial charge in [-0.3, -0.25) is 9.59 Å². The molecule has 0 radical (unpaired) electrons. The first-order chi connectivity index (χ1) is 11.7. The summed E-state index contributed by atoms with van der Waals surface area (Å²) in [7, 11) is 0. The fraction of sp³-hybridized carbons (Fsp3) is 0.529. The number of halogens is 3. The van der Waals surface area contributed by atoms with E-state index in [9.17, 15) is 22.8 Å². The molecular formula is C17H20F3NO4. The molecule has 8 heteroatoms. The highest BCUT2D eigenvalue weighted by Crippen LogP contribution is 2.33. The van der Waals surface area contributed by atoms with Gasteiger partial charge in [0, 0.05) is 6.42 Å². The van der Waals surface area contributed by atoms with Gasteiger partial charge in [-0.05, 0) is 30.9 Å². The number of carboxylic acids is 1. The molecule has 0 atom stereocenters. The Balaban J connectivity index is 1.97. The second-order valence-corrected chi connectivity index (χ2v) is 6.26. The number of aliphatic carboxylic acids is 1. The Morgan fingerprint density at radius 3 is 2.44 bits per heavy atom. The van der Waals surface area contributed by atoms with Crippen molar-refractivity contribution in [3.8, 4) is 5.75 Å². The second kappa shape index (κ2) is 7.76. The van der Waals surface area contributed by atoms with E-state index < -0.39 is 17.9 Å². The molecule has 1 aromatic carbocycles. The number of carbonyl (C=O) groups is 2. The first kappa shape index (κ1) is 19.1. The van der Waals surface area contributed by atoms with Gasteiger partial charge in [0.2, 0.25) is 5.91 Å². The molecule has 0 bridgehead atoms. The third-order valence-electron chi connectivity index (χ3n) is 4.27. The van der Waals surface area contributed by atoms with Gasteiger partial charge in [-0.15, -0.1) is 13.2 Å². The number of ether oxygens (including phenoxy) is 1. The zero-order chi connectivity index (χ0) is 18.5. The van der Waals surface area contributed by atoms with Crippen molar-refractivity contribution >= 4 is 11.9 Å². The van der Waals surface area contributed by atoms with E-state index in [0.717, 1.165) is 12.8 Å². The molecule has 0 aromatic heterocycles. The maximum Gasteiger partial charge on any atom is 0.573 e. The molecule has 0 aliphatic heterocycles. The third-order valence-corrected chi connectivity index (χ3v) is 4.27. The van der Waals surface area contributed by atoms with E-state index in [1.54, 1.807) is 6.07 Å². The van der Waals surface area contributed by atoms with E-state index in [2.05, 4.69) is 10.1 Å². The molecule has 5 nitrogen and oxygen atoms in total. The van der Waals surface area contributed by atoms with Crippen molar-refractivity contribution in [2.24, 2.45) is 0 Å². The largest absolute Gasteiger partial charge is 0.573 e. The number of para-hydroxylation sites is 1. The van der Waals surface area contributed by atoms with E-state index in [4.69, 9.17) is 5.11 Å². The second-order valence-electron chi connectivity index (χ2n) is 6.26. The highest BCUT2D eigenvalue weighted by molar-refractivity contribution is 5.78. The van der Waals surface area contributed by atoms with Crippen molar-refractivity contribution in [2.75, 3.05) is 0 Å². The van der Waals surface area contributed by atoms with Gasteiger partial charge in [0.15, 0.2) is 0 Å². The molecule has 0 unspecified atom stereocenters. The quantitative estimate of drug-likeness (QED) is 0.782. The van der Waals surface area contributed by atoms with Crippen molar-refractivity contribution in [3.05, 3.63) is 29.8 Å². The van der Waals surface area contributed by atoms with Crippen LogP contribution in [0.1, 0.15) is 44.1 Å². The Morgan fingerprint density at radius 2 is 1.84 bits per heavy atom. The Kier molecular flexibility index (Phi) is 5.92. The molecule has 1 aliphatic carbocycles. The van der Waals surface area contributed by atoms with Crippen LogP contribution in [0.25, 0.3) is 0 Å². The van der Waals surface area contributed by atoms with Gasteiger partial charge < -0.3 is 15.2 Å². The Labute approximate surface area is 143 Å². The molecule has 1 fully saturated rings. The van der Waals surface area contributed by atoms with E-state index in [-0.39, 0.29) is 36.5 Å². The smallest absolute Gasteiger partial charge is 0.481 e. The van der Waals surface area contributed by atoms with Crippen molar-refractivity contribution < 1.29 is 32.6 Å². The van der Waals surface area contributed by atoms with Crippen LogP contribution in [0.2, 0.25) is 0 Å². The predicted octanol–water partition coefficient (Wildman–Crippen LogP) is 3.42. The molecule has 0 spiro atoms. The number of hydrogen-bond donors (Lipinski definition) is 2. The summed E-state index contributed by atoms with van der Waals surface area (Å²) in [6.07, 6.45) is -2.04. The predicted molar refractivity (Wildman–Crippen MR) is 83.0 cm³/mol. The van der Waals surface area contributed by atoms with Crippen LogP contribution in [0.4, 0.5) is 13.2 Å². The van der Waals surface area contributed by atoms with Gasteiger partial charge in [-0.25, -0.2) is 0 Å². The van der Waals surface area contributed by atoms with Gasteiger partial charge in [0.05, 0.1) is 12.0 Å². The maximum atomic E-state index is 12.4. The van der Waals surface area contributed by atoms with Crippen molar-refractivity contribution in [2.45, 2.75) is 56.8 Å². The van der Waals surface area contributed by atoms with Crippen LogP contribution in [-0.4, -0.2) is 28.9 Å². The van der Waals surface area contributed by atoms with Gasteiger partial charge in [-0.2, -0.15) is 0 Å². The monoisotopic (exact) mass is 359 g/mol. The summed E-state index contributed by atoms with van der Waals surface area (Å²) in [6, 6.07) is 5.66. The number of amides is 1. The number of rotatable bonds is 7. The first-order valence-electron chi connectivity index (χ1n) is 8.06. The molecule has 2 N–H and O–H groups in total. The molecule has 2 rings (SSSR count). The summed E-state index contributed by atoms with van der Waals surface area (Å²) in [4.78, 5) is 23.2. The summed E-state index contributed by atoms with van der Waals surface area (Å²) < 4.78 is 41.2. The average Bonchev–Trinajstić information content (AvgIpc) is 2.92. The highest BCUT2D eigenvalue weighted by atomic mass is 19.4. The first-order valence-corrected chi connectivity index (χ1v) is 8.06. The Morgan fingerprint density at radius 1 is 1.20 bits per heavy atom. The average molecular weight is 359 g/mol. The molecule has 25 heavy (non-hydrogen) atoms. The lowest BCUT2D eigenvalue weighted by atomic mass is 9.92. The lowest BCUT2D eigenvalue weighted by molar-refractivity contribution is -0.274. The normalized spacial score (nSPS) is 16.4. The van der Waals surface area contributed by atoms with Crippen LogP contribution < -0.4 is 10.1 Å². The van der Waals surface area contributed by atoms with Crippen LogP contribution in [-0.2, 0) is 16.0 Å². The number of carbonyl (C=O) groups excluding carboxylic acids is 1. The number of alkyl halides is 3. The number of carboxylic acid groups (broad SMARTS) is 1. The van der Waals surface area contributed by atoms with E-state index >= 15 is 0 Å². The lowest BCUT2D eigenvalue weighted by Crippen LogP contribution is -2.47. The molecule has 0 heterocycles. The molecule has 1 aliphatic rings. The fourth-order valence-electron chi connectivity index (χ4n) is 3.23. The molecule has 1 amide bonds. The number of nitrogens with one attached hydrogen (secondary N) is 1. The molecule has 1 saturated carbocycles.